The van der Waals surface area contributed by atoms with Gasteiger partial charge < -0.3 is 14.5 Å². The van der Waals surface area contributed by atoms with E-state index in [-0.39, 0.29) is 5.82 Å². The Bertz CT molecular complexity index is 728. The molecule has 24 heavy (non-hydrogen) atoms. The Balaban J connectivity index is 1.59. The first-order valence-electron chi connectivity index (χ1n) is 7.76. The molecule has 2 aromatic rings. The van der Waals surface area contributed by atoms with Crippen LogP contribution in [0.5, 0.6) is 5.75 Å². The van der Waals surface area contributed by atoms with Crippen LogP contribution in [0.1, 0.15) is 5.56 Å². The summed E-state index contributed by atoms with van der Waals surface area (Å²) >= 11 is 6.08. The number of nitrogens with zero attached hydrogens (tertiary/aromatic N) is 2. The fraction of sp³-hybridized carbons (Fsp3) is 0.278. The molecule has 0 saturated carbocycles. The molecule has 0 bridgehead atoms. The predicted octanol–water partition coefficient (Wildman–Crippen LogP) is 4.11. The minimum absolute atomic E-state index is 0.342. The Morgan fingerprint density at radius 3 is 2.42 bits per heavy atom. The zero-order chi connectivity index (χ0) is 17.1. The number of anilines is 1. The zero-order valence-electron chi connectivity index (χ0n) is 13.3. The summed E-state index contributed by atoms with van der Waals surface area (Å²) in [5.74, 6) is -0.0187. The molecule has 0 N–H and O–H groups in total. The van der Waals surface area contributed by atoms with Crippen molar-refractivity contribution < 1.29 is 13.9 Å². The van der Waals surface area contributed by atoms with Crippen LogP contribution in [0.2, 0.25) is 5.02 Å². The lowest BCUT2D eigenvalue weighted by molar-refractivity contribution is 0.149. The van der Waals surface area contributed by atoms with Gasteiger partial charge in [0.15, 0.2) is 0 Å². The fourth-order valence-electron chi connectivity index (χ4n) is 2.72. The fourth-order valence-corrected chi connectivity index (χ4v) is 2.89. The second-order valence-corrected chi connectivity index (χ2v) is 6.16. The van der Waals surface area contributed by atoms with Crippen LogP contribution in [0.3, 0.4) is 0 Å². The summed E-state index contributed by atoms with van der Waals surface area (Å²) in [6.45, 7) is 4.58. The third kappa shape index (κ3) is 3.79. The molecule has 3 rings (SSSR count). The lowest BCUT2D eigenvalue weighted by Crippen LogP contribution is -2.49. The van der Waals surface area contributed by atoms with E-state index in [1.165, 1.54) is 24.3 Å². The molecule has 2 aromatic carbocycles. The van der Waals surface area contributed by atoms with Crippen molar-refractivity contribution in [2.75, 3.05) is 31.1 Å². The van der Waals surface area contributed by atoms with E-state index in [0.717, 1.165) is 11.3 Å². The van der Waals surface area contributed by atoms with Crippen LogP contribution in [0.4, 0.5) is 14.9 Å². The Hall–Kier alpha value is -2.27. The smallest absolute Gasteiger partial charge is 0.410 e. The molecule has 1 saturated heterocycles. The molecule has 0 spiro atoms. The summed E-state index contributed by atoms with van der Waals surface area (Å²) in [7, 11) is 0. The van der Waals surface area contributed by atoms with E-state index in [0.29, 0.717) is 37.0 Å². The van der Waals surface area contributed by atoms with E-state index in [1.54, 1.807) is 4.90 Å². The van der Waals surface area contributed by atoms with Gasteiger partial charge in [0.05, 0.1) is 0 Å². The molecule has 6 heteroatoms. The Kier molecular flexibility index (Phi) is 4.90. The standard InChI is InChI=1S/C18H18ClFN2O2/c1-13-2-3-14(19)12-17(13)21-8-10-22(11-9-21)18(23)24-16-6-4-15(20)5-7-16/h2-7,12H,8-11H2,1H3. The van der Waals surface area contributed by atoms with Gasteiger partial charge in [-0.15, -0.1) is 0 Å². The second-order valence-electron chi connectivity index (χ2n) is 5.73. The summed E-state index contributed by atoms with van der Waals surface area (Å²) < 4.78 is 18.2. The number of amides is 1. The van der Waals surface area contributed by atoms with Crippen molar-refractivity contribution in [2.45, 2.75) is 6.92 Å². The molecule has 1 fully saturated rings. The van der Waals surface area contributed by atoms with Gasteiger partial charge in [-0.25, -0.2) is 9.18 Å². The number of hydrogen-bond acceptors (Lipinski definition) is 3. The van der Waals surface area contributed by atoms with Gasteiger partial charge in [-0.1, -0.05) is 17.7 Å². The van der Waals surface area contributed by atoms with Crippen LogP contribution in [0, 0.1) is 12.7 Å². The molecule has 0 unspecified atom stereocenters. The third-order valence-electron chi connectivity index (χ3n) is 4.07. The summed E-state index contributed by atoms with van der Waals surface area (Å²) in [4.78, 5) is 16.1. The Labute approximate surface area is 145 Å². The van der Waals surface area contributed by atoms with Crippen molar-refractivity contribution in [3.8, 4) is 5.75 Å². The summed E-state index contributed by atoms with van der Waals surface area (Å²) in [5, 5.41) is 0.703. The molecule has 1 heterocycles. The maximum Gasteiger partial charge on any atom is 0.415 e. The van der Waals surface area contributed by atoms with Gasteiger partial charge in [0, 0.05) is 36.9 Å². The lowest BCUT2D eigenvalue weighted by Gasteiger charge is -2.36. The predicted molar refractivity (Wildman–Crippen MR) is 92.4 cm³/mol. The maximum absolute atomic E-state index is 12.9. The highest BCUT2D eigenvalue weighted by Gasteiger charge is 2.23. The number of rotatable bonds is 2. The van der Waals surface area contributed by atoms with E-state index >= 15 is 0 Å². The molecule has 1 aliphatic rings. The summed E-state index contributed by atoms with van der Waals surface area (Å²) in [6.07, 6.45) is -0.413. The maximum atomic E-state index is 12.9. The molecule has 126 valence electrons. The number of aryl methyl sites for hydroxylation is 1. The second kappa shape index (κ2) is 7.09. The van der Waals surface area contributed by atoms with Crippen molar-refractivity contribution in [3.05, 3.63) is 58.9 Å². The van der Waals surface area contributed by atoms with Crippen molar-refractivity contribution in [1.29, 1.82) is 0 Å². The number of benzene rings is 2. The average Bonchev–Trinajstić information content (AvgIpc) is 2.59. The van der Waals surface area contributed by atoms with Gasteiger partial charge in [0.1, 0.15) is 11.6 Å². The minimum atomic E-state index is -0.413. The van der Waals surface area contributed by atoms with Gasteiger partial charge in [0.25, 0.3) is 0 Å². The molecular weight excluding hydrogens is 331 g/mol. The monoisotopic (exact) mass is 348 g/mol. The van der Waals surface area contributed by atoms with Crippen LogP contribution < -0.4 is 9.64 Å². The van der Waals surface area contributed by atoms with Crippen LogP contribution in [0.15, 0.2) is 42.5 Å². The first-order chi connectivity index (χ1) is 11.5. The van der Waals surface area contributed by atoms with Crippen LogP contribution in [-0.4, -0.2) is 37.2 Å². The molecule has 0 radical (unpaired) electrons. The van der Waals surface area contributed by atoms with Crippen LogP contribution >= 0.6 is 11.6 Å². The normalized spacial score (nSPS) is 14.6. The van der Waals surface area contributed by atoms with Gasteiger partial charge in [-0.05, 0) is 48.9 Å². The van der Waals surface area contributed by atoms with Gasteiger partial charge in [-0.2, -0.15) is 0 Å². The highest BCUT2D eigenvalue weighted by atomic mass is 35.5. The first kappa shape index (κ1) is 16.6. The SMILES string of the molecule is Cc1ccc(Cl)cc1N1CCN(C(=O)Oc2ccc(F)cc2)CC1. The minimum Gasteiger partial charge on any atom is -0.410 e. The summed E-state index contributed by atoms with van der Waals surface area (Å²) in [5.41, 5.74) is 2.25. The van der Waals surface area contributed by atoms with E-state index in [1.807, 2.05) is 25.1 Å². The van der Waals surface area contributed by atoms with E-state index in [4.69, 9.17) is 16.3 Å². The molecule has 0 atom stereocenters. The van der Waals surface area contributed by atoms with E-state index in [9.17, 15) is 9.18 Å². The quantitative estimate of drug-likeness (QED) is 0.818. The van der Waals surface area contributed by atoms with Crippen molar-refractivity contribution in [1.82, 2.24) is 4.90 Å². The Morgan fingerprint density at radius 2 is 1.75 bits per heavy atom. The van der Waals surface area contributed by atoms with Gasteiger partial charge in [-0.3, -0.25) is 0 Å². The first-order valence-corrected chi connectivity index (χ1v) is 8.14. The number of piperazine rings is 1. The highest BCUT2D eigenvalue weighted by molar-refractivity contribution is 6.30. The topological polar surface area (TPSA) is 32.8 Å². The Morgan fingerprint density at radius 1 is 1.08 bits per heavy atom. The van der Waals surface area contributed by atoms with Crippen molar-refractivity contribution in [3.63, 3.8) is 0 Å². The zero-order valence-corrected chi connectivity index (χ0v) is 14.1. The molecule has 1 aliphatic heterocycles. The number of hydrogen-bond donors (Lipinski definition) is 0. The molecule has 0 aromatic heterocycles. The number of halogens is 2. The van der Waals surface area contributed by atoms with Crippen LogP contribution in [0.25, 0.3) is 0 Å². The van der Waals surface area contributed by atoms with E-state index in [2.05, 4.69) is 4.90 Å². The third-order valence-corrected chi connectivity index (χ3v) is 4.30. The van der Waals surface area contributed by atoms with Crippen LogP contribution in [-0.2, 0) is 0 Å². The molecule has 0 aliphatic carbocycles. The number of carbonyl (C=O) groups excluding carboxylic acids is 1. The van der Waals surface area contributed by atoms with Crippen molar-refractivity contribution >= 4 is 23.4 Å². The largest absolute Gasteiger partial charge is 0.415 e. The van der Waals surface area contributed by atoms with Gasteiger partial charge >= 0.3 is 6.09 Å². The highest BCUT2D eigenvalue weighted by Crippen LogP contribution is 2.25. The molecule has 1 amide bonds. The molecular formula is C18H18ClFN2O2. The van der Waals surface area contributed by atoms with E-state index < -0.39 is 6.09 Å². The lowest BCUT2D eigenvalue weighted by atomic mass is 10.1. The number of carbonyl (C=O) groups is 1. The van der Waals surface area contributed by atoms with Crippen molar-refractivity contribution in [2.24, 2.45) is 0 Å². The molecule has 4 nitrogen and oxygen atoms in total. The number of ether oxygens (including phenoxy) is 1. The average molecular weight is 349 g/mol. The van der Waals surface area contributed by atoms with Gasteiger partial charge in [0.2, 0.25) is 0 Å². The summed E-state index contributed by atoms with van der Waals surface area (Å²) in [6, 6.07) is 11.2.